The lowest BCUT2D eigenvalue weighted by atomic mass is 10.2. The molecular formula is C18H24N2O. The average Bonchev–Trinajstić information content (AvgIpc) is 2.74. The second-order valence-electron chi connectivity index (χ2n) is 5.57. The van der Waals surface area contributed by atoms with E-state index in [2.05, 4.69) is 41.9 Å². The number of unbranched alkanes of at least 4 members (excludes halogenated alkanes) is 1. The maximum Gasteiger partial charge on any atom is 0.253 e. The van der Waals surface area contributed by atoms with Gasteiger partial charge < -0.3 is 9.88 Å². The predicted octanol–water partition coefficient (Wildman–Crippen LogP) is 3.93. The molecule has 112 valence electrons. The molecule has 0 unspecified atom stereocenters. The molecule has 0 spiro atoms. The minimum Gasteiger partial charge on any atom is -0.352 e. The molecule has 0 aliphatic heterocycles. The van der Waals surface area contributed by atoms with Gasteiger partial charge in [0.05, 0.1) is 5.56 Å². The summed E-state index contributed by atoms with van der Waals surface area (Å²) in [5.41, 5.74) is 5.17. The van der Waals surface area contributed by atoms with E-state index in [-0.39, 0.29) is 5.91 Å². The van der Waals surface area contributed by atoms with Crippen LogP contribution in [-0.2, 0) is 0 Å². The first-order valence-corrected chi connectivity index (χ1v) is 7.58. The maximum atomic E-state index is 12.3. The summed E-state index contributed by atoms with van der Waals surface area (Å²) in [4.78, 5) is 12.3. The lowest BCUT2D eigenvalue weighted by Crippen LogP contribution is -2.24. The number of aryl methyl sites for hydroxylation is 2. The summed E-state index contributed by atoms with van der Waals surface area (Å²) in [7, 11) is 0. The topological polar surface area (TPSA) is 34.0 Å². The standard InChI is InChI=1S/C18H24N2O/c1-5-6-10-19-18(21)17-12-14(3)20(15(17)4)16-9-7-8-13(2)11-16/h7-9,11-12H,5-6,10H2,1-4H3,(H,19,21). The minimum atomic E-state index is 0.0236. The van der Waals surface area contributed by atoms with Crippen LogP contribution in [0.15, 0.2) is 30.3 Å². The van der Waals surface area contributed by atoms with Crippen molar-refractivity contribution >= 4 is 5.91 Å². The zero-order valence-corrected chi connectivity index (χ0v) is 13.4. The number of nitrogens with one attached hydrogen (secondary N) is 1. The highest BCUT2D eigenvalue weighted by atomic mass is 16.1. The van der Waals surface area contributed by atoms with Crippen molar-refractivity contribution in [2.24, 2.45) is 0 Å². The molecule has 0 aliphatic carbocycles. The van der Waals surface area contributed by atoms with Crippen molar-refractivity contribution in [1.29, 1.82) is 0 Å². The van der Waals surface area contributed by atoms with Crippen LogP contribution in [0.1, 0.15) is 47.1 Å². The molecule has 21 heavy (non-hydrogen) atoms. The van der Waals surface area contributed by atoms with Crippen LogP contribution in [-0.4, -0.2) is 17.0 Å². The Morgan fingerprint density at radius 1 is 1.19 bits per heavy atom. The molecular weight excluding hydrogens is 260 g/mol. The highest BCUT2D eigenvalue weighted by Crippen LogP contribution is 2.21. The second kappa shape index (κ2) is 6.61. The molecule has 3 heteroatoms. The molecule has 1 heterocycles. The molecule has 1 aromatic carbocycles. The van der Waals surface area contributed by atoms with Crippen molar-refractivity contribution in [2.45, 2.75) is 40.5 Å². The summed E-state index contributed by atoms with van der Waals surface area (Å²) in [5, 5.41) is 2.99. The van der Waals surface area contributed by atoms with Gasteiger partial charge in [0.15, 0.2) is 0 Å². The van der Waals surface area contributed by atoms with Crippen LogP contribution in [0.3, 0.4) is 0 Å². The number of hydrogen-bond acceptors (Lipinski definition) is 1. The van der Waals surface area contributed by atoms with Crippen molar-refractivity contribution in [3.63, 3.8) is 0 Å². The Balaban J connectivity index is 2.31. The van der Waals surface area contributed by atoms with Crippen LogP contribution in [0.2, 0.25) is 0 Å². The molecule has 0 fully saturated rings. The van der Waals surface area contributed by atoms with E-state index in [0.717, 1.165) is 42.0 Å². The fourth-order valence-corrected chi connectivity index (χ4v) is 2.63. The Kier molecular flexibility index (Phi) is 4.84. The summed E-state index contributed by atoms with van der Waals surface area (Å²) in [6, 6.07) is 10.3. The molecule has 0 saturated heterocycles. The maximum absolute atomic E-state index is 12.3. The molecule has 2 aromatic rings. The van der Waals surface area contributed by atoms with Gasteiger partial charge in [-0.1, -0.05) is 25.5 Å². The number of rotatable bonds is 5. The van der Waals surface area contributed by atoms with Crippen LogP contribution in [0, 0.1) is 20.8 Å². The monoisotopic (exact) mass is 284 g/mol. The van der Waals surface area contributed by atoms with Gasteiger partial charge in [0, 0.05) is 23.6 Å². The Morgan fingerprint density at radius 3 is 2.62 bits per heavy atom. The van der Waals surface area contributed by atoms with Gasteiger partial charge in [-0.2, -0.15) is 0 Å². The Labute approximate surface area is 127 Å². The lowest BCUT2D eigenvalue weighted by Gasteiger charge is -2.11. The highest BCUT2D eigenvalue weighted by Gasteiger charge is 2.16. The molecule has 0 radical (unpaired) electrons. The number of nitrogens with zero attached hydrogens (tertiary/aromatic N) is 1. The zero-order valence-electron chi connectivity index (χ0n) is 13.4. The lowest BCUT2D eigenvalue weighted by molar-refractivity contribution is 0.0952. The van der Waals surface area contributed by atoms with Gasteiger partial charge >= 0.3 is 0 Å². The van der Waals surface area contributed by atoms with Gasteiger partial charge in [-0.15, -0.1) is 0 Å². The van der Waals surface area contributed by atoms with E-state index in [4.69, 9.17) is 0 Å². The predicted molar refractivity (Wildman–Crippen MR) is 87.2 cm³/mol. The molecule has 2 rings (SSSR count). The summed E-state index contributed by atoms with van der Waals surface area (Å²) in [6.07, 6.45) is 2.10. The van der Waals surface area contributed by atoms with E-state index < -0.39 is 0 Å². The molecule has 0 atom stereocenters. The first-order chi connectivity index (χ1) is 10.0. The molecule has 1 aromatic heterocycles. The van der Waals surface area contributed by atoms with Crippen molar-refractivity contribution in [1.82, 2.24) is 9.88 Å². The molecule has 0 bridgehead atoms. The summed E-state index contributed by atoms with van der Waals surface area (Å²) < 4.78 is 2.14. The van der Waals surface area contributed by atoms with Crippen molar-refractivity contribution in [3.8, 4) is 5.69 Å². The van der Waals surface area contributed by atoms with E-state index >= 15 is 0 Å². The normalized spacial score (nSPS) is 10.7. The smallest absolute Gasteiger partial charge is 0.253 e. The van der Waals surface area contributed by atoms with E-state index in [0.29, 0.717) is 0 Å². The molecule has 0 aliphatic rings. The zero-order chi connectivity index (χ0) is 15.4. The number of carbonyl (C=O) groups is 1. The average molecular weight is 284 g/mol. The quantitative estimate of drug-likeness (QED) is 0.829. The summed E-state index contributed by atoms with van der Waals surface area (Å²) in [6.45, 7) is 8.98. The van der Waals surface area contributed by atoms with Gasteiger partial charge in [0.25, 0.3) is 5.91 Å². The second-order valence-corrected chi connectivity index (χ2v) is 5.57. The third-order valence-corrected chi connectivity index (χ3v) is 3.75. The number of benzene rings is 1. The van der Waals surface area contributed by atoms with Gasteiger partial charge in [-0.25, -0.2) is 0 Å². The van der Waals surface area contributed by atoms with E-state index in [1.165, 1.54) is 5.56 Å². The largest absolute Gasteiger partial charge is 0.352 e. The first-order valence-electron chi connectivity index (χ1n) is 7.58. The number of amides is 1. The molecule has 1 amide bonds. The first kappa shape index (κ1) is 15.4. The molecule has 0 saturated carbocycles. The van der Waals surface area contributed by atoms with E-state index in [9.17, 15) is 4.79 Å². The van der Waals surface area contributed by atoms with Crippen LogP contribution in [0.4, 0.5) is 0 Å². The number of carbonyl (C=O) groups excluding carboxylic acids is 1. The van der Waals surface area contributed by atoms with Crippen molar-refractivity contribution in [2.75, 3.05) is 6.54 Å². The van der Waals surface area contributed by atoms with E-state index in [1.807, 2.05) is 26.0 Å². The minimum absolute atomic E-state index is 0.0236. The highest BCUT2D eigenvalue weighted by molar-refractivity contribution is 5.95. The van der Waals surface area contributed by atoms with Crippen LogP contribution >= 0.6 is 0 Å². The Hall–Kier alpha value is -2.03. The number of aromatic nitrogens is 1. The SMILES string of the molecule is CCCCNC(=O)c1cc(C)n(-c2cccc(C)c2)c1C. The molecule has 1 N–H and O–H groups in total. The Bertz CT molecular complexity index is 641. The number of hydrogen-bond donors (Lipinski definition) is 1. The summed E-state index contributed by atoms with van der Waals surface area (Å²) >= 11 is 0. The van der Waals surface area contributed by atoms with Crippen LogP contribution < -0.4 is 5.32 Å². The Morgan fingerprint density at radius 2 is 1.95 bits per heavy atom. The van der Waals surface area contributed by atoms with E-state index in [1.54, 1.807) is 0 Å². The van der Waals surface area contributed by atoms with Crippen LogP contribution in [0.5, 0.6) is 0 Å². The third-order valence-electron chi connectivity index (χ3n) is 3.75. The van der Waals surface area contributed by atoms with Gasteiger partial charge in [0.1, 0.15) is 0 Å². The van der Waals surface area contributed by atoms with Gasteiger partial charge in [-0.05, 0) is 51.0 Å². The summed E-state index contributed by atoms with van der Waals surface area (Å²) in [5.74, 6) is 0.0236. The molecule has 3 nitrogen and oxygen atoms in total. The fourth-order valence-electron chi connectivity index (χ4n) is 2.63. The third kappa shape index (κ3) is 3.35. The van der Waals surface area contributed by atoms with Crippen molar-refractivity contribution in [3.05, 3.63) is 52.8 Å². The van der Waals surface area contributed by atoms with Crippen molar-refractivity contribution < 1.29 is 4.79 Å². The van der Waals surface area contributed by atoms with Gasteiger partial charge in [-0.3, -0.25) is 4.79 Å². The van der Waals surface area contributed by atoms with Gasteiger partial charge in [0.2, 0.25) is 0 Å². The fraction of sp³-hybridized carbons (Fsp3) is 0.389. The van der Waals surface area contributed by atoms with Crippen LogP contribution in [0.25, 0.3) is 5.69 Å².